The second kappa shape index (κ2) is 4.13. The van der Waals surface area contributed by atoms with Crippen LogP contribution in [0.3, 0.4) is 0 Å². The summed E-state index contributed by atoms with van der Waals surface area (Å²) in [5.41, 5.74) is 2.35. The van der Waals surface area contributed by atoms with Gasteiger partial charge in [0.2, 0.25) is 0 Å². The molecule has 0 fully saturated rings. The zero-order chi connectivity index (χ0) is 9.84. The van der Waals surface area contributed by atoms with E-state index in [4.69, 9.17) is 0 Å². The predicted molar refractivity (Wildman–Crippen MR) is 57.9 cm³/mol. The lowest BCUT2D eigenvalue weighted by Crippen LogP contribution is -2.12. The number of hydrogen-bond acceptors (Lipinski definition) is 1. The Balaban J connectivity index is 2.86. The number of allylic oxidation sites excluding steroid dienone is 4. The van der Waals surface area contributed by atoms with Crippen molar-refractivity contribution >= 4 is 0 Å². The molecule has 13 heavy (non-hydrogen) atoms. The summed E-state index contributed by atoms with van der Waals surface area (Å²) in [5.74, 6) is 0.567. The van der Waals surface area contributed by atoms with Crippen LogP contribution in [0.1, 0.15) is 20.8 Å². The highest BCUT2D eigenvalue weighted by Crippen LogP contribution is 2.20. The molecule has 1 heterocycles. The summed E-state index contributed by atoms with van der Waals surface area (Å²) in [6.07, 6.45) is 10.3. The molecule has 0 atom stereocenters. The SMILES string of the molecule is C=C1C=CC(C(C)C)=CN1/C=C\C. The van der Waals surface area contributed by atoms with Crippen LogP contribution in [0.25, 0.3) is 0 Å². The van der Waals surface area contributed by atoms with Crippen molar-refractivity contribution in [2.75, 3.05) is 0 Å². The van der Waals surface area contributed by atoms with E-state index in [0.717, 1.165) is 5.70 Å². The maximum Gasteiger partial charge on any atom is 0.0377 e. The molecule has 1 nitrogen and oxygen atoms in total. The Labute approximate surface area is 80.7 Å². The van der Waals surface area contributed by atoms with Gasteiger partial charge in [-0.25, -0.2) is 0 Å². The van der Waals surface area contributed by atoms with E-state index in [0.29, 0.717) is 5.92 Å². The Bertz CT molecular complexity index is 279. The van der Waals surface area contributed by atoms with Gasteiger partial charge >= 0.3 is 0 Å². The molecule has 0 aromatic carbocycles. The fourth-order valence-electron chi connectivity index (χ4n) is 1.21. The number of hydrogen-bond donors (Lipinski definition) is 0. The fourth-order valence-corrected chi connectivity index (χ4v) is 1.21. The standard InChI is InChI=1S/C12H17N/c1-5-8-13-9-12(10(2)3)7-6-11(13)4/h5-10H,4H2,1-3H3/b8-5-. The van der Waals surface area contributed by atoms with Crippen LogP contribution in [-0.4, -0.2) is 4.90 Å². The van der Waals surface area contributed by atoms with Crippen LogP contribution >= 0.6 is 0 Å². The topological polar surface area (TPSA) is 3.24 Å². The van der Waals surface area contributed by atoms with Crippen LogP contribution in [0.2, 0.25) is 0 Å². The van der Waals surface area contributed by atoms with Crippen molar-refractivity contribution in [3.63, 3.8) is 0 Å². The molecule has 0 N–H and O–H groups in total. The maximum absolute atomic E-state index is 3.95. The van der Waals surface area contributed by atoms with Gasteiger partial charge in [-0.05, 0) is 24.5 Å². The van der Waals surface area contributed by atoms with Crippen molar-refractivity contribution in [3.8, 4) is 0 Å². The van der Waals surface area contributed by atoms with E-state index in [1.165, 1.54) is 5.57 Å². The van der Waals surface area contributed by atoms with E-state index >= 15 is 0 Å². The Morgan fingerprint density at radius 2 is 2.08 bits per heavy atom. The van der Waals surface area contributed by atoms with Crippen LogP contribution in [0.15, 0.2) is 48.5 Å². The molecule has 0 aromatic rings. The van der Waals surface area contributed by atoms with Gasteiger partial charge < -0.3 is 4.90 Å². The summed E-state index contributed by atoms with van der Waals surface area (Å²) in [5, 5.41) is 0. The summed E-state index contributed by atoms with van der Waals surface area (Å²) in [6.45, 7) is 10.3. The largest absolute Gasteiger partial charge is 0.325 e. The molecular weight excluding hydrogens is 158 g/mol. The van der Waals surface area contributed by atoms with Crippen LogP contribution in [0.4, 0.5) is 0 Å². The van der Waals surface area contributed by atoms with Crippen molar-refractivity contribution in [3.05, 3.63) is 48.5 Å². The summed E-state index contributed by atoms with van der Waals surface area (Å²) >= 11 is 0. The average molecular weight is 175 g/mol. The Hall–Kier alpha value is -1.24. The molecule has 0 saturated heterocycles. The third kappa shape index (κ3) is 2.35. The summed E-state index contributed by atoms with van der Waals surface area (Å²) in [7, 11) is 0. The summed E-state index contributed by atoms with van der Waals surface area (Å²) < 4.78 is 0. The van der Waals surface area contributed by atoms with Gasteiger partial charge in [-0.1, -0.05) is 32.6 Å². The molecule has 0 amide bonds. The third-order valence-corrected chi connectivity index (χ3v) is 2.06. The van der Waals surface area contributed by atoms with Crippen LogP contribution in [0, 0.1) is 5.92 Å². The van der Waals surface area contributed by atoms with Crippen molar-refractivity contribution in [2.45, 2.75) is 20.8 Å². The van der Waals surface area contributed by atoms with Crippen LogP contribution in [0.5, 0.6) is 0 Å². The minimum Gasteiger partial charge on any atom is -0.325 e. The van der Waals surface area contributed by atoms with E-state index < -0.39 is 0 Å². The lowest BCUT2D eigenvalue weighted by molar-refractivity contribution is 0.619. The van der Waals surface area contributed by atoms with Gasteiger partial charge in [-0.15, -0.1) is 0 Å². The lowest BCUT2D eigenvalue weighted by Gasteiger charge is -2.22. The van der Waals surface area contributed by atoms with E-state index in [2.05, 4.69) is 43.7 Å². The molecule has 0 radical (unpaired) electrons. The molecule has 0 unspecified atom stereocenters. The Morgan fingerprint density at radius 3 is 2.62 bits per heavy atom. The third-order valence-electron chi connectivity index (χ3n) is 2.06. The quantitative estimate of drug-likeness (QED) is 0.621. The smallest absolute Gasteiger partial charge is 0.0377 e. The lowest BCUT2D eigenvalue weighted by atomic mass is 10.0. The molecule has 70 valence electrons. The molecule has 1 heteroatoms. The van der Waals surface area contributed by atoms with Crippen molar-refractivity contribution < 1.29 is 0 Å². The summed E-state index contributed by atoms with van der Waals surface area (Å²) in [4.78, 5) is 2.05. The van der Waals surface area contributed by atoms with Gasteiger partial charge in [0.25, 0.3) is 0 Å². The normalized spacial score (nSPS) is 17.4. The highest BCUT2D eigenvalue weighted by molar-refractivity contribution is 5.34. The maximum atomic E-state index is 3.95. The van der Waals surface area contributed by atoms with Gasteiger partial charge in [0, 0.05) is 18.1 Å². The second-order valence-corrected chi connectivity index (χ2v) is 3.50. The number of rotatable bonds is 2. The molecular formula is C12H17N. The second-order valence-electron chi connectivity index (χ2n) is 3.50. The zero-order valence-corrected chi connectivity index (χ0v) is 8.62. The van der Waals surface area contributed by atoms with E-state index in [1.54, 1.807) is 0 Å². The van der Waals surface area contributed by atoms with Crippen LogP contribution < -0.4 is 0 Å². The Morgan fingerprint density at radius 1 is 1.38 bits per heavy atom. The van der Waals surface area contributed by atoms with Crippen molar-refractivity contribution in [1.29, 1.82) is 0 Å². The van der Waals surface area contributed by atoms with Gasteiger partial charge in [0.1, 0.15) is 0 Å². The molecule has 0 bridgehead atoms. The molecule has 1 aliphatic heterocycles. The zero-order valence-electron chi connectivity index (χ0n) is 8.62. The van der Waals surface area contributed by atoms with Gasteiger partial charge in [0.15, 0.2) is 0 Å². The van der Waals surface area contributed by atoms with E-state index in [9.17, 15) is 0 Å². The first-order chi connectivity index (χ1) is 6.15. The predicted octanol–water partition coefficient (Wildman–Crippen LogP) is 3.45. The molecule has 0 aromatic heterocycles. The molecule has 0 spiro atoms. The first-order valence-corrected chi connectivity index (χ1v) is 4.65. The van der Waals surface area contributed by atoms with Crippen molar-refractivity contribution in [2.24, 2.45) is 5.92 Å². The van der Waals surface area contributed by atoms with Crippen LogP contribution in [-0.2, 0) is 0 Å². The highest BCUT2D eigenvalue weighted by Gasteiger charge is 2.08. The van der Waals surface area contributed by atoms with Crippen molar-refractivity contribution in [1.82, 2.24) is 4.90 Å². The summed E-state index contributed by atoms with van der Waals surface area (Å²) in [6, 6.07) is 0. The van der Waals surface area contributed by atoms with Gasteiger partial charge in [-0.2, -0.15) is 0 Å². The van der Waals surface area contributed by atoms with Gasteiger partial charge in [-0.3, -0.25) is 0 Å². The molecule has 0 aliphatic carbocycles. The molecule has 1 rings (SSSR count). The average Bonchev–Trinajstić information content (AvgIpc) is 2.08. The minimum absolute atomic E-state index is 0.567. The Kier molecular flexibility index (Phi) is 3.13. The van der Waals surface area contributed by atoms with Gasteiger partial charge in [0.05, 0.1) is 0 Å². The highest BCUT2D eigenvalue weighted by atomic mass is 15.1. The minimum atomic E-state index is 0.567. The molecule has 1 aliphatic rings. The molecule has 0 saturated carbocycles. The van der Waals surface area contributed by atoms with E-state index in [1.807, 2.05) is 19.2 Å². The van der Waals surface area contributed by atoms with E-state index in [-0.39, 0.29) is 0 Å². The fraction of sp³-hybridized carbons (Fsp3) is 0.333. The number of nitrogens with zero attached hydrogens (tertiary/aromatic N) is 1. The first kappa shape index (κ1) is 9.85. The first-order valence-electron chi connectivity index (χ1n) is 4.65. The monoisotopic (exact) mass is 175 g/mol.